The summed E-state index contributed by atoms with van der Waals surface area (Å²) in [4.78, 5) is 15.2. The van der Waals surface area contributed by atoms with Crippen LogP contribution in [0, 0.1) is 11.3 Å². The summed E-state index contributed by atoms with van der Waals surface area (Å²) < 4.78 is 0. The lowest BCUT2D eigenvalue weighted by Gasteiger charge is -2.13. The van der Waals surface area contributed by atoms with E-state index >= 15 is 0 Å². The van der Waals surface area contributed by atoms with Crippen molar-refractivity contribution in [2.75, 3.05) is 0 Å². The lowest BCUT2D eigenvalue weighted by Crippen LogP contribution is -1.96. The summed E-state index contributed by atoms with van der Waals surface area (Å²) in [5, 5.41) is 9.56. The van der Waals surface area contributed by atoms with Crippen molar-refractivity contribution in [1.82, 2.24) is 15.0 Å². The molecular weight excluding hydrogens is 585 g/mol. The van der Waals surface area contributed by atoms with E-state index in [4.69, 9.17) is 15.0 Å². The normalized spacial score (nSPS) is 10.9. The molecule has 0 saturated carbocycles. The summed E-state index contributed by atoms with van der Waals surface area (Å²) in [6, 6.07) is 59.8. The minimum atomic E-state index is 0.584. The van der Waals surface area contributed by atoms with Crippen LogP contribution < -0.4 is 0 Å². The Morgan fingerprint density at radius 3 is 1.38 bits per heavy atom. The van der Waals surface area contributed by atoms with E-state index in [-0.39, 0.29) is 0 Å². The predicted octanol–water partition coefficient (Wildman–Crippen LogP) is 10.9. The van der Waals surface area contributed by atoms with Crippen molar-refractivity contribution in [3.05, 3.63) is 175 Å². The predicted molar refractivity (Wildman–Crippen MR) is 195 cm³/mol. The highest BCUT2D eigenvalue weighted by Crippen LogP contribution is 2.35. The summed E-state index contributed by atoms with van der Waals surface area (Å²) in [5.41, 5.74) is 14.0. The summed E-state index contributed by atoms with van der Waals surface area (Å²) >= 11 is 0. The van der Waals surface area contributed by atoms with Crippen molar-refractivity contribution in [2.45, 2.75) is 0 Å². The number of hydrogen-bond donors (Lipinski definition) is 0. The van der Waals surface area contributed by atoms with E-state index in [2.05, 4.69) is 103 Å². The number of rotatable bonds is 6. The number of aromatic nitrogens is 3. The first-order valence-electron chi connectivity index (χ1n) is 15.8. The second-order valence-corrected chi connectivity index (χ2v) is 11.6. The molecule has 0 saturated heterocycles. The topological polar surface area (TPSA) is 62.5 Å². The lowest BCUT2D eigenvalue weighted by atomic mass is 9.96. The monoisotopic (exact) mass is 612 g/mol. The molecule has 0 bridgehead atoms. The maximum atomic E-state index is 9.56. The molecule has 224 valence electrons. The van der Waals surface area contributed by atoms with E-state index in [1.54, 1.807) is 6.07 Å². The van der Waals surface area contributed by atoms with Crippen LogP contribution in [0.5, 0.6) is 0 Å². The van der Waals surface area contributed by atoms with Gasteiger partial charge in [0.1, 0.15) is 0 Å². The number of hydrogen-bond acceptors (Lipinski definition) is 4. The van der Waals surface area contributed by atoms with E-state index in [0.29, 0.717) is 5.56 Å². The first kappa shape index (κ1) is 28.8. The summed E-state index contributed by atoms with van der Waals surface area (Å²) in [5.74, 6) is 0. The zero-order chi connectivity index (χ0) is 32.3. The number of fused-ring (bicyclic) bond motifs is 1. The van der Waals surface area contributed by atoms with Gasteiger partial charge in [-0.15, -0.1) is 0 Å². The average Bonchev–Trinajstić information content (AvgIpc) is 3.18. The van der Waals surface area contributed by atoms with E-state index in [9.17, 15) is 5.26 Å². The number of nitrogens with zero attached hydrogens (tertiary/aromatic N) is 4. The van der Waals surface area contributed by atoms with Crippen LogP contribution in [-0.2, 0) is 0 Å². The van der Waals surface area contributed by atoms with Crippen molar-refractivity contribution in [3.63, 3.8) is 0 Å². The molecule has 0 radical (unpaired) electrons. The Morgan fingerprint density at radius 2 is 0.771 bits per heavy atom. The third kappa shape index (κ3) is 5.73. The Balaban J connectivity index is 1.21. The molecule has 8 rings (SSSR count). The fourth-order valence-electron chi connectivity index (χ4n) is 6.03. The van der Waals surface area contributed by atoms with Crippen molar-refractivity contribution in [2.24, 2.45) is 0 Å². The van der Waals surface area contributed by atoms with Gasteiger partial charge in [0.2, 0.25) is 0 Å². The molecule has 0 N–H and O–H groups in total. The molecule has 2 heterocycles. The summed E-state index contributed by atoms with van der Waals surface area (Å²) in [6.07, 6.45) is 0. The summed E-state index contributed by atoms with van der Waals surface area (Å²) in [6.45, 7) is 0. The highest BCUT2D eigenvalue weighted by molar-refractivity contribution is 5.87. The largest absolute Gasteiger partial charge is 0.248 e. The lowest BCUT2D eigenvalue weighted by molar-refractivity contribution is 1.29. The number of pyridine rings is 1. The van der Waals surface area contributed by atoms with Gasteiger partial charge in [-0.2, -0.15) is 5.26 Å². The number of benzene rings is 6. The van der Waals surface area contributed by atoms with Crippen molar-refractivity contribution in [1.29, 1.82) is 5.26 Å². The molecule has 0 unspecified atom stereocenters. The maximum Gasteiger partial charge on any atom is 0.0991 e. The van der Waals surface area contributed by atoms with Crippen molar-refractivity contribution < 1.29 is 0 Å². The Bertz CT molecular complexity index is 2430. The van der Waals surface area contributed by atoms with E-state index in [0.717, 1.165) is 67.2 Å². The van der Waals surface area contributed by atoms with E-state index < -0.39 is 0 Å². The van der Waals surface area contributed by atoms with Crippen LogP contribution in [0.15, 0.2) is 170 Å². The number of para-hydroxylation sites is 2. The molecule has 4 heteroatoms. The van der Waals surface area contributed by atoms with Crippen LogP contribution in [0.2, 0.25) is 0 Å². The second kappa shape index (κ2) is 12.6. The van der Waals surface area contributed by atoms with Crippen LogP contribution in [0.3, 0.4) is 0 Å². The molecular formula is C44H28N4. The Labute approximate surface area is 279 Å². The molecule has 48 heavy (non-hydrogen) atoms. The average molecular weight is 613 g/mol. The molecule has 0 amide bonds. The van der Waals surface area contributed by atoms with Crippen LogP contribution in [-0.4, -0.2) is 15.0 Å². The van der Waals surface area contributed by atoms with Crippen LogP contribution >= 0.6 is 0 Å². The smallest absolute Gasteiger partial charge is 0.0991 e. The Kier molecular flexibility index (Phi) is 7.54. The standard InChI is InChI=1S/C44H28N4/c45-29-30-10-9-15-37(26-30)44-43(47-39-16-7-8-17-40(39)48-44)36-24-20-33(21-25-36)38-27-41(34-13-5-2-6-14-34)46-42(28-38)35-22-18-32(19-23-35)31-11-3-1-4-12-31/h1-28H. The quantitative estimate of drug-likeness (QED) is 0.187. The molecule has 0 aliphatic heterocycles. The van der Waals surface area contributed by atoms with Gasteiger partial charge in [-0.3, -0.25) is 0 Å². The third-order valence-electron chi connectivity index (χ3n) is 8.51. The van der Waals surface area contributed by atoms with Gasteiger partial charge >= 0.3 is 0 Å². The van der Waals surface area contributed by atoms with Gasteiger partial charge in [0.25, 0.3) is 0 Å². The number of nitriles is 1. The van der Waals surface area contributed by atoms with Gasteiger partial charge in [-0.1, -0.05) is 133 Å². The van der Waals surface area contributed by atoms with Crippen LogP contribution in [0.25, 0.3) is 78.3 Å². The van der Waals surface area contributed by atoms with Gasteiger partial charge in [0.15, 0.2) is 0 Å². The first-order chi connectivity index (χ1) is 23.7. The molecule has 6 aromatic carbocycles. The van der Waals surface area contributed by atoms with Gasteiger partial charge in [-0.25, -0.2) is 15.0 Å². The Hall–Kier alpha value is -6.70. The first-order valence-corrected chi connectivity index (χ1v) is 15.8. The highest BCUT2D eigenvalue weighted by Gasteiger charge is 2.15. The third-order valence-corrected chi connectivity index (χ3v) is 8.51. The van der Waals surface area contributed by atoms with Gasteiger partial charge in [0, 0.05) is 22.3 Å². The molecule has 0 atom stereocenters. The molecule has 0 aliphatic carbocycles. The maximum absolute atomic E-state index is 9.56. The van der Waals surface area contributed by atoms with Crippen molar-refractivity contribution in [3.8, 4) is 73.4 Å². The minimum Gasteiger partial charge on any atom is -0.248 e. The van der Waals surface area contributed by atoms with E-state index in [1.807, 2.05) is 66.7 Å². The van der Waals surface area contributed by atoms with Crippen LogP contribution in [0.4, 0.5) is 0 Å². The molecule has 8 aromatic rings. The summed E-state index contributed by atoms with van der Waals surface area (Å²) in [7, 11) is 0. The van der Waals surface area contributed by atoms with E-state index in [1.165, 1.54) is 11.1 Å². The molecule has 0 spiro atoms. The van der Waals surface area contributed by atoms with Gasteiger partial charge in [-0.05, 0) is 58.7 Å². The van der Waals surface area contributed by atoms with Crippen LogP contribution in [0.1, 0.15) is 5.56 Å². The highest BCUT2D eigenvalue weighted by atomic mass is 14.8. The molecule has 0 aliphatic rings. The fraction of sp³-hybridized carbons (Fsp3) is 0. The zero-order valence-electron chi connectivity index (χ0n) is 26.0. The van der Waals surface area contributed by atoms with Gasteiger partial charge < -0.3 is 0 Å². The second-order valence-electron chi connectivity index (χ2n) is 11.6. The molecule has 4 nitrogen and oxygen atoms in total. The molecule has 0 fully saturated rings. The Morgan fingerprint density at radius 1 is 0.333 bits per heavy atom. The fourth-order valence-corrected chi connectivity index (χ4v) is 6.03. The SMILES string of the molecule is N#Cc1cccc(-c2nc3ccccc3nc2-c2ccc(-c3cc(-c4ccccc4)nc(-c4ccc(-c5ccccc5)cc4)c3)cc2)c1. The molecule has 2 aromatic heterocycles. The van der Waals surface area contributed by atoms with Gasteiger partial charge in [0.05, 0.1) is 45.4 Å². The van der Waals surface area contributed by atoms with Crippen molar-refractivity contribution >= 4 is 11.0 Å². The zero-order valence-corrected chi connectivity index (χ0v) is 26.0. The minimum absolute atomic E-state index is 0.584.